The number of nitrogens with one attached hydrogen (secondary N) is 1. The molecule has 0 radical (unpaired) electrons. The number of nitrogens with two attached hydrogens (primary N) is 1. The van der Waals surface area contributed by atoms with Crippen molar-refractivity contribution in [2.45, 2.75) is 44.7 Å². The van der Waals surface area contributed by atoms with Crippen LogP contribution in [0.2, 0.25) is 5.02 Å². The van der Waals surface area contributed by atoms with Crippen molar-refractivity contribution in [1.82, 2.24) is 10.3 Å². The van der Waals surface area contributed by atoms with Crippen molar-refractivity contribution < 1.29 is 0 Å². The van der Waals surface area contributed by atoms with Crippen LogP contribution in [0, 0.1) is 0 Å². The van der Waals surface area contributed by atoms with Gasteiger partial charge in [0.05, 0.1) is 0 Å². The van der Waals surface area contributed by atoms with Crippen LogP contribution in [0.4, 0.5) is 0 Å². The molecular weight excluding hydrogens is 258 g/mol. The summed E-state index contributed by atoms with van der Waals surface area (Å²) in [6.07, 6.45) is 3.50. The Kier molecular flexibility index (Phi) is 4.85. The van der Waals surface area contributed by atoms with Crippen LogP contribution in [0.25, 0.3) is 0 Å². The smallest absolute Gasteiger partial charge is 0.0429 e. The maximum atomic E-state index is 5.93. The Hall–Kier alpha value is -0.610. The summed E-state index contributed by atoms with van der Waals surface area (Å²) in [4.78, 5) is 2.54. The molecule has 0 bridgehead atoms. The lowest BCUT2D eigenvalue weighted by Gasteiger charge is -2.42. The molecule has 1 fully saturated rings. The van der Waals surface area contributed by atoms with Crippen molar-refractivity contribution in [2.75, 3.05) is 13.1 Å². The Balaban J connectivity index is 2.08. The number of likely N-dealkylation sites (tertiary alicyclic amines) is 1. The fourth-order valence-corrected chi connectivity index (χ4v) is 3.01. The normalized spacial score (nSPS) is 18.7. The van der Waals surface area contributed by atoms with Crippen LogP contribution in [0.5, 0.6) is 0 Å². The van der Waals surface area contributed by atoms with Crippen LogP contribution in [0.15, 0.2) is 24.3 Å². The van der Waals surface area contributed by atoms with Gasteiger partial charge in [0.2, 0.25) is 0 Å². The molecule has 1 aromatic carbocycles. The van der Waals surface area contributed by atoms with E-state index in [9.17, 15) is 0 Å². The highest BCUT2D eigenvalue weighted by atomic mass is 35.5. The average molecular weight is 282 g/mol. The van der Waals surface area contributed by atoms with Gasteiger partial charge in [-0.15, -0.1) is 0 Å². The highest BCUT2D eigenvalue weighted by molar-refractivity contribution is 6.30. The van der Waals surface area contributed by atoms with Crippen molar-refractivity contribution >= 4 is 11.6 Å². The highest BCUT2D eigenvalue weighted by Gasteiger charge is 2.36. The molecule has 3 N–H and O–H groups in total. The number of halogens is 1. The molecule has 1 unspecified atom stereocenters. The third-order valence-corrected chi connectivity index (χ3v) is 4.58. The average Bonchev–Trinajstić information content (AvgIpc) is 2.92. The van der Waals surface area contributed by atoms with Gasteiger partial charge in [-0.1, -0.05) is 23.7 Å². The number of nitrogens with zero attached hydrogens (tertiary/aromatic N) is 1. The zero-order valence-corrected chi connectivity index (χ0v) is 12.6. The number of hydrogen-bond acceptors (Lipinski definition) is 3. The Morgan fingerprint density at radius 2 is 1.84 bits per heavy atom. The molecule has 1 saturated heterocycles. The molecule has 0 amide bonds. The van der Waals surface area contributed by atoms with E-state index in [1.54, 1.807) is 0 Å². The lowest BCUT2D eigenvalue weighted by atomic mass is 9.88. The molecule has 106 valence electrons. The summed E-state index contributed by atoms with van der Waals surface area (Å²) < 4.78 is 0. The van der Waals surface area contributed by atoms with Crippen LogP contribution in [0.1, 0.15) is 32.3 Å². The summed E-state index contributed by atoms with van der Waals surface area (Å²) in [5.41, 5.74) is 4.33. The van der Waals surface area contributed by atoms with E-state index in [1.807, 2.05) is 12.1 Å². The first kappa shape index (κ1) is 14.8. The van der Waals surface area contributed by atoms with Crippen LogP contribution >= 0.6 is 11.6 Å². The zero-order valence-electron chi connectivity index (χ0n) is 11.8. The third-order valence-electron chi connectivity index (χ3n) is 4.33. The van der Waals surface area contributed by atoms with Crippen molar-refractivity contribution in [3.8, 4) is 0 Å². The summed E-state index contributed by atoms with van der Waals surface area (Å²) in [5, 5.41) is 0.778. The second-order valence-corrected chi connectivity index (χ2v) is 6.33. The van der Waals surface area contributed by atoms with Crippen molar-refractivity contribution in [3.63, 3.8) is 0 Å². The van der Waals surface area contributed by atoms with E-state index >= 15 is 0 Å². The molecule has 0 aromatic heterocycles. The quantitative estimate of drug-likeness (QED) is 0.644. The number of benzene rings is 1. The molecule has 1 aliphatic rings. The van der Waals surface area contributed by atoms with E-state index in [0.29, 0.717) is 0 Å². The molecule has 1 aromatic rings. The van der Waals surface area contributed by atoms with Gasteiger partial charge in [-0.3, -0.25) is 16.2 Å². The Morgan fingerprint density at radius 1 is 1.26 bits per heavy atom. The number of hydrazine groups is 1. The van der Waals surface area contributed by atoms with E-state index in [2.05, 4.69) is 36.3 Å². The first-order valence-electron chi connectivity index (χ1n) is 6.99. The van der Waals surface area contributed by atoms with Crippen LogP contribution in [-0.2, 0) is 6.42 Å². The van der Waals surface area contributed by atoms with Gasteiger partial charge in [0, 0.05) is 16.6 Å². The van der Waals surface area contributed by atoms with Gasteiger partial charge in [0.15, 0.2) is 0 Å². The SMILES string of the molecule is CC(C)(C(Cc1ccc(Cl)cc1)NN)N1CCCC1. The monoisotopic (exact) mass is 281 g/mol. The fraction of sp³-hybridized carbons (Fsp3) is 0.600. The molecule has 0 aliphatic carbocycles. The largest absolute Gasteiger partial charge is 0.297 e. The summed E-state index contributed by atoms with van der Waals surface area (Å²) in [6.45, 7) is 6.90. The lowest BCUT2D eigenvalue weighted by molar-refractivity contribution is 0.106. The molecule has 4 heteroatoms. The standard InChI is InChI=1S/C15H24ClN3/c1-15(2,19-9-3-4-10-19)14(18-17)11-12-5-7-13(16)8-6-12/h5-8,14,18H,3-4,9-11,17H2,1-2H3. The summed E-state index contributed by atoms with van der Waals surface area (Å²) in [7, 11) is 0. The number of hydrogen-bond donors (Lipinski definition) is 2. The molecule has 1 heterocycles. The van der Waals surface area contributed by atoms with E-state index < -0.39 is 0 Å². The predicted molar refractivity (Wildman–Crippen MR) is 81.2 cm³/mol. The van der Waals surface area contributed by atoms with Crippen molar-refractivity contribution in [2.24, 2.45) is 5.84 Å². The topological polar surface area (TPSA) is 41.3 Å². The van der Waals surface area contributed by atoms with E-state index in [4.69, 9.17) is 17.4 Å². The summed E-state index contributed by atoms with van der Waals surface area (Å²) >= 11 is 5.93. The minimum absolute atomic E-state index is 0.0604. The van der Waals surface area contributed by atoms with E-state index in [1.165, 1.54) is 31.5 Å². The van der Waals surface area contributed by atoms with Crippen molar-refractivity contribution in [3.05, 3.63) is 34.9 Å². The summed E-state index contributed by atoms with van der Waals surface area (Å²) in [6, 6.07) is 8.26. The number of rotatable bonds is 5. The molecular formula is C15H24ClN3. The predicted octanol–water partition coefficient (Wildman–Crippen LogP) is 2.59. The van der Waals surface area contributed by atoms with Crippen LogP contribution < -0.4 is 11.3 Å². The first-order valence-corrected chi connectivity index (χ1v) is 7.37. The van der Waals surface area contributed by atoms with Crippen molar-refractivity contribution in [1.29, 1.82) is 0 Å². The molecule has 1 atom stereocenters. The lowest BCUT2D eigenvalue weighted by Crippen LogP contribution is -2.59. The molecule has 0 spiro atoms. The second kappa shape index (κ2) is 6.23. The highest BCUT2D eigenvalue weighted by Crippen LogP contribution is 2.26. The van der Waals surface area contributed by atoms with Gasteiger partial charge >= 0.3 is 0 Å². The van der Waals surface area contributed by atoms with Crippen LogP contribution in [0.3, 0.4) is 0 Å². The minimum atomic E-state index is 0.0604. The van der Waals surface area contributed by atoms with Gasteiger partial charge in [0.1, 0.15) is 0 Å². The van der Waals surface area contributed by atoms with Gasteiger partial charge in [0.25, 0.3) is 0 Å². The van der Waals surface area contributed by atoms with E-state index in [-0.39, 0.29) is 11.6 Å². The zero-order chi connectivity index (χ0) is 13.9. The molecule has 19 heavy (non-hydrogen) atoms. The van der Waals surface area contributed by atoms with Gasteiger partial charge in [-0.2, -0.15) is 0 Å². The first-order chi connectivity index (χ1) is 9.04. The molecule has 2 rings (SSSR count). The van der Waals surface area contributed by atoms with E-state index in [0.717, 1.165) is 11.4 Å². The maximum absolute atomic E-state index is 5.93. The molecule has 1 aliphatic heterocycles. The van der Waals surface area contributed by atoms with Crippen LogP contribution in [-0.4, -0.2) is 29.6 Å². The Labute approximate surface area is 121 Å². The Morgan fingerprint density at radius 3 is 2.37 bits per heavy atom. The molecule has 3 nitrogen and oxygen atoms in total. The van der Waals surface area contributed by atoms with Gasteiger partial charge < -0.3 is 0 Å². The maximum Gasteiger partial charge on any atom is 0.0429 e. The molecule has 0 saturated carbocycles. The third kappa shape index (κ3) is 3.48. The van der Waals surface area contributed by atoms with Gasteiger partial charge in [-0.05, 0) is 63.9 Å². The minimum Gasteiger partial charge on any atom is -0.297 e. The summed E-state index contributed by atoms with van der Waals surface area (Å²) in [5.74, 6) is 5.80. The fourth-order valence-electron chi connectivity index (χ4n) is 2.88. The second-order valence-electron chi connectivity index (χ2n) is 5.90. The van der Waals surface area contributed by atoms with Gasteiger partial charge in [-0.25, -0.2) is 0 Å². The Bertz CT molecular complexity index is 396.